The Morgan fingerprint density at radius 1 is 1.17 bits per heavy atom. The SMILES string of the molecule is COc1cccc(COC(C)C(=O)Nc2ccc(C(=O)N3CCSCC3)cc2C)c1. The topological polar surface area (TPSA) is 67.9 Å². The smallest absolute Gasteiger partial charge is 0.253 e. The van der Waals surface area contributed by atoms with E-state index in [1.165, 1.54) is 0 Å². The molecule has 0 radical (unpaired) electrons. The Morgan fingerprint density at radius 2 is 1.93 bits per heavy atom. The Balaban J connectivity index is 1.56. The fourth-order valence-electron chi connectivity index (χ4n) is 3.18. The number of amides is 2. The van der Waals surface area contributed by atoms with E-state index < -0.39 is 6.10 Å². The molecule has 0 aliphatic carbocycles. The van der Waals surface area contributed by atoms with Crippen LogP contribution < -0.4 is 10.1 Å². The maximum atomic E-state index is 12.7. The quantitative estimate of drug-likeness (QED) is 0.728. The van der Waals surface area contributed by atoms with Crippen LogP contribution in [0.1, 0.15) is 28.4 Å². The molecule has 1 aliphatic rings. The average Bonchev–Trinajstić information content (AvgIpc) is 2.78. The van der Waals surface area contributed by atoms with Gasteiger partial charge in [0.15, 0.2) is 0 Å². The summed E-state index contributed by atoms with van der Waals surface area (Å²) >= 11 is 1.87. The van der Waals surface area contributed by atoms with Gasteiger partial charge < -0.3 is 19.7 Å². The molecule has 0 aromatic heterocycles. The molecule has 7 heteroatoms. The lowest BCUT2D eigenvalue weighted by molar-refractivity contribution is -0.127. The minimum atomic E-state index is -0.622. The maximum Gasteiger partial charge on any atom is 0.253 e. The summed E-state index contributed by atoms with van der Waals surface area (Å²) in [6.07, 6.45) is -0.622. The molecule has 1 fully saturated rings. The van der Waals surface area contributed by atoms with E-state index in [1.807, 2.05) is 53.9 Å². The largest absolute Gasteiger partial charge is 0.497 e. The van der Waals surface area contributed by atoms with Gasteiger partial charge in [0, 0.05) is 35.8 Å². The Hall–Kier alpha value is -2.51. The number of nitrogens with one attached hydrogen (secondary N) is 1. The molecule has 3 rings (SSSR count). The minimum Gasteiger partial charge on any atom is -0.497 e. The van der Waals surface area contributed by atoms with Crippen LogP contribution in [-0.4, -0.2) is 54.5 Å². The Labute approximate surface area is 181 Å². The number of rotatable bonds is 7. The highest BCUT2D eigenvalue weighted by atomic mass is 32.2. The van der Waals surface area contributed by atoms with Crippen molar-refractivity contribution in [2.45, 2.75) is 26.6 Å². The summed E-state index contributed by atoms with van der Waals surface area (Å²) in [5, 5.41) is 2.90. The van der Waals surface area contributed by atoms with Crippen LogP contribution in [-0.2, 0) is 16.1 Å². The molecule has 2 aromatic carbocycles. The standard InChI is InChI=1S/C23H28N2O4S/c1-16-13-19(23(27)25-9-11-30-12-10-25)7-8-21(16)24-22(26)17(2)29-15-18-5-4-6-20(14-18)28-3/h4-8,13-14,17H,9-12,15H2,1-3H3,(H,24,26). The monoisotopic (exact) mass is 428 g/mol. The van der Waals surface area contributed by atoms with Gasteiger partial charge in [0.1, 0.15) is 11.9 Å². The first-order valence-electron chi connectivity index (χ1n) is 10.0. The number of thioether (sulfide) groups is 1. The summed E-state index contributed by atoms with van der Waals surface area (Å²) in [5.41, 5.74) is 3.12. The van der Waals surface area contributed by atoms with Gasteiger partial charge in [0.2, 0.25) is 0 Å². The molecule has 2 aromatic rings. The van der Waals surface area contributed by atoms with E-state index in [1.54, 1.807) is 26.2 Å². The number of aryl methyl sites for hydroxylation is 1. The zero-order valence-corrected chi connectivity index (χ0v) is 18.5. The van der Waals surface area contributed by atoms with E-state index >= 15 is 0 Å². The van der Waals surface area contributed by atoms with Crippen molar-refractivity contribution in [3.8, 4) is 5.75 Å². The number of methoxy groups -OCH3 is 1. The van der Waals surface area contributed by atoms with E-state index in [9.17, 15) is 9.59 Å². The van der Waals surface area contributed by atoms with Crippen molar-refractivity contribution in [3.05, 3.63) is 59.2 Å². The first-order valence-corrected chi connectivity index (χ1v) is 11.2. The number of nitrogens with zero attached hydrogens (tertiary/aromatic N) is 1. The number of carbonyl (C=O) groups is 2. The van der Waals surface area contributed by atoms with Crippen LogP contribution in [0.2, 0.25) is 0 Å². The third-order valence-corrected chi connectivity index (χ3v) is 5.98. The van der Waals surface area contributed by atoms with Crippen molar-refractivity contribution in [1.82, 2.24) is 4.90 Å². The summed E-state index contributed by atoms with van der Waals surface area (Å²) in [4.78, 5) is 27.1. The molecule has 1 aliphatic heterocycles. The average molecular weight is 429 g/mol. The van der Waals surface area contributed by atoms with E-state index in [2.05, 4.69) is 5.32 Å². The molecular weight excluding hydrogens is 400 g/mol. The zero-order valence-electron chi connectivity index (χ0n) is 17.6. The number of hydrogen-bond donors (Lipinski definition) is 1. The molecular formula is C23H28N2O4S. The Bertz CT molecular complexity index is 897. The Morgan fingerprint density at radius 3 is 2.63 bits per heavy atom. The van der Waals surface area contributed by atoms with Crippen molar-refractivity contribution < 1.29 is 19.1 Å². The molecule has 0 spiro atoms. The molecule has 1 unspecified atom stereocenters. The van der Waals surface area contributed by atoms with Crippen LogP contribution in [0.25, 0.3) is 0 Å². The lowest BCUT2D eigenvalue weighted by Crippen LogP contribution is -2.37. The maximum absolute atomic E-state index is 12.7. The van der Waals surface area contributed by atoms with Crippen molar-refractivity contribution in [2.24, 2.45) is 0 Å². The van der Waals surface area contributed by atoms with Crippen molar-refractivity contribution in [3.63, 3.8) is 0 Å². The summed E-state index contributed by atoms with van der Waals surface area (Å²) in [6, 6.07) is 12.9. The molecule has 6 nitrogen and oxygen atoms in total. The number of carbonyl (C=O) groups excluding carboxylic acids is 2. The minimum absolute atomic E-state index is 0.0475. The van der Waals surface area contributed by atoms with Crippen LogP contribution in [0.4, 0.5) is 5.69 Å². The van der Waals surface area contributed by atoms with Gasteiger partial charge >= 0.3 is 0 Å². The molecule has 0 bridgehead atoms. The highest BCUT2D eigenvalue weighted by molar-refractivity contribution is 7.99. The van der Waals surface area contributed by atoms with Crippen LogP contribution in [0, 0.1) is 6.92 Å². The van der Waals surface area contributed by atoms with E-state index in [4.69, 9.17) is 9.47 Å². The number of hydrogen-bond acceptors (Lipinski definition) is 5. The van der Waals surface area contributed by atoms with Crippen molar-refractivity contribution in [1.29, 1.82) is 0 Å². The van der Waals surface area contributed by atoms with E-state index in [-0.39, 0.29) is 11.8 Å². The Kier molecular flexibility index (Phi) is 7.76. The molecule has 1 atom stereocenters. The second kappa shape index (κ2) is 10.5. The zero-order chi connectivity index (χ0) is 21.5. The lowest BCUT2D eigenvalue weighted by atomic mass is 10.1. The second-order valence-corrected chi connectivity index (χ2v) is 8.45. The second-order valence-electron chi connectivity index (χ2n) is 7.23. The van der Waals surface area contributed by atoms with Gasteiger partial charge in [-0.1, -0.05) is 12.1 Å². The number of anilines is 1. The molecule has 0 saturated carbocycles. The predicted molar refractivity (Wildman–Crippen MR) is 120 cm³/mol. The van der Waals surface area contributed by atoms with E-state index in [0.29, 0.717) is 17.9 Å². The van der Waals surface area contributed by atoms with Crippen LogP contribution in [0.15, 0.2) is 42.5 Å². The molecule has 2 amide bonds. The summed E-state index contributed by atoms with van der Waals surface area (Å²) in [6.45, 7) is 5.48. The molecule has 1 heterocycles. The highest BCUT2D eigenvalue weighted by Gasteiger charge is 2.20. The third kappa shape index (κ3) is 5.77. The lowest BCUT2D eigenvalue weighted by Gasteiger charge is -2.26. The predicted octanol–water partition coefficient (Wildman–Crippen LogP) is 3.74. The fourth-order valence-corrected chi connectivity index (χ4v) is 4.08. The molecule has 1 N–H and O–H groups in total. The molecule has 160 valence electrons. The summed E-state index contributed by atoms with van der Waals surface area (Å²) in [5.74, 6) is 2.53. The highest BCUT2D eigenvalue weighted by Crippen LogP contribution is 2.20. The van der Waals surface area contributed by atoms with Gasteiger partial charge in [-0.05, 0) is 55.3 Å². The number of benzene rings is 2. The molecule has 30 heavy (non-hydrogen) atoms. The first-order chi connectivity index (χ1) is 14.5. The van der Waals surface area contributed by atoms with Gasteiger partial charge in [-0.2, -0.15) is 11.8 Å². The number of ether oxygens (including phenoxy) is 2. The summed E-state index contributed by atoms with van der Waals surface area (Å²) < 4.78 is 10.9. The van der Waals surface area contributed by atoms with Crippen LogP contribution >= 0.6 is 11.8 Å². The van der Waals surface area contributed by atoms with Gasteiger partial charge in [-0.15, -0.1) is 0 Å². The first kappa shape index (κ1) is 22.2. The van der Waals surface area contributed by atoms with Crippen LogP contribution in [0.3, 0.4) is 0 Å². The van der Waals surface area contributed by atoms with Gasteiger partial charge in [0.05, 0.1) is 13.7 Å². The van der Waals surface area contributed by atoms with Gasteiger partial charge in [0.25, 0.3) is 11.8 Å². The van der Waals surface area contributed by atoms with Gasteiger partial charge in [-0.25, -0.2) is 0 Å². The van der Waals surface area contributed by atoms with Crippen LogP contribution in [0.5, 0.6) is 5.75 Å². The molecule has 1 saturated heterocycles. The van der Waals surface area contributed by atoms with Crippen molar-refractivity contribution in [2.75, 3.05) is 37.0 Å². The third-order valence-electron chi connectivity index (χ3n) is 5.03. The normalized spacial score (nSPS) is 14.8. The fraction of sp³-hybridized carbons (Fsp3) is 0.391. The van der Waals surface area contributed by atoms with Crippen molar-refractivity contribution >= 4 is 29.3 Å². The van der Waals surface area contributed by atoms with Gasteiger partial charge in [-0.3, -0.25) is 9.59 Å². The summed E-state index contributed by atoms with van der Waals surface area (Å²) in [7, 11) is 1.61. The van der Waals surface area contributed by atoms with E-state index in [0.717, 1.165) is 41.5 Å².